The van der Waals surface area contributed by atoms with Crippen LogP contribution in [0.15, 0.2) is 115 Å². The van der Waals surface area contributed by atoms with E-state index >= 15 is 0 Å². The Morgan fingerprint density at radius 2 is 1.10 bits per heavy atom. The first-order valence-electron chi connectivity index (χ1n) is 19.1. The molecule has 0 aromatic heterocycles. The minimum absolute atomic E-state index is 0.0757. The molecule has 1 heteroatoms. The highest BCUT2D eigenvalue weighted by Crippen LogP contribution is 2.69. The van der Waals surface area contributed by atoms with Crippen LogP contribution < -0.4 is 4.90 Å². The number of fused-ring (bicyclic) bond motifs is 4. The Bertz CT molecular complexity index is 2070. The van der Waals surface area contributed by atoms with Gasteiger partial charge in [-0.3, -0.25) is 0 Å². The van der Waals surface area contributed by atoms with Crippen molar-refractivity contribution in [3.63, 3.8) is 0 Å². The van der Waals surface area contributed by atoms with Crippen LogP contribution in [-0.4, -0.2) is 0 Å². The lowest BCUT2D eigenvalue weighted by molar-refractivity contribution is -0.0399. The van der Waals surface area contributed by atoms with Crippen molar-refractivity contribution in [2.45, 2.75) is 88.9 Å². The van der Waals surface area contributed by atoms with E-state index in [1.807, 2.05) is 0 Å². The molecular weight excluding hydrogens is 591 g/mol. The molecule has 4 saturated carbocycles. The molecule has 0 unspecified atom stereocenters. The molecule has 1 spiro atoms. The zero-order chi connectivity index (χ0) is 33.1. The maximum Gasteiger partial charge on any atom is 0.0502 e. The summed E-state index contributed by atoms with van der Waals surface area (Å²) in [5.41, 5.74) is 16.0. The van der Waals surface area contributed by atoms with Crippen molar-refractivity contribution in [3.05, 3.63) is 138 Å². The van der Waals surface area contributed by atoms with Crippen LogP contribution >= 0.6 is 0 Å². The average molecular weight is 640 g/mol. The Hall–Kier alpha value is -4.10. The maximum atomic E-state index is 2.67. The summed E-state index contributed by atoms with van der Waals surface area (Å²) in [6.45, 7) is 9.86. The summed E-state index contributed by atoms with van der Waals surface area (Å²) in [4.78, 5) is 2.64. The molecule has 0 atom stereocenters. The highest BCUT2D eigenvalue weighted by atomic mass is 15.1. The first-order chi connectivity index (χ1) is 23.7. The molecule has 0 saturated heterocycles. The highest BCUT2D eigenvalue weighted by molar-refractivity contribution is 5.88. The van der Waals surface area contributed by atoms with Gasteiger partial charge < -0.3 is 4.90 Å². The second-order valence-electron chi connectivity index (χ2n) is 17.7. The van der Waals surface area contributed by atoms with E-state index in [1.165, 1.54) is 95.4 Å². The molecule has 49 heavy (non-hydrogen) atoms. The topological polar surface area (TPSA) is 3.24 Å². The van der Waals surface area contributed by atoms with Gasteiger partial charge in [0, 0.05) is 16.8 Å². The van der Waals surface area contributed by atoms with E-state index in [-0.39, 0.29) is 16.2 Å². The Balaban J connectivity index is 1.22. The number of hydrogen-bond donors (Lipinski definition) is 0. The largest absolute Gasteiger partial charge is 0.310 e. The first-order valence-corrected chi connectivity index (χ1v) is 19.1. The fraction of sp³-hybridized carbons (Fsp3) is 0.375. The first kappa shape index (κ1) is 29.8. The van der Waals surface area contributed by atoms with Crippen molar-refractivity contribution >= 4 is 17.1 Å². The Labute approximate surface area is 293 Å². The zero-order valence-corrected chi connectivity index (χ0v) is 29.7. The lowest BCUT2D eigenvalue weighted by Crippen LogP contribution is -2.55. The van der Waals surface area contributed by atoms with Crippen LogP contribution in [-0.2, 0) is 16.2 Å². The lowest BCUT2D eigenvalue weighted by atomic mass is 9.43. The van der Waals surface area contributed by atoms with Crippen molar-refractivity contribution in [1.82, 2.24) is 0 Å². The van der Waals surface area contributed by atoms with Crippen molar-refractivity contribution in [2.75, 3.05) is 4.90 Å². The summed E-state index contributed by atoms with van der Waals surface area (Å²) in [6.07, 6.45) is 9.51. The quantitative estimate of drug-likeness (QED) is 0.189. The normalized spacial score (nSPS) is 27.8. The molecule has 1 nitrogen and oxygen atoms in total. The molecule has 0 N–H and O–H groups in total. The molecule has 0 radical (unpaired) electrons. The number of benzene rings is 5. The molecule has 0 aliphatic heterocycles. The van der Waals surface area contributed by atoms with Crippen LogP contribution in [0.3, 0.4) is 0 Å². The van der Waals surface area contributed by atoms with Crippen LogP contribution in [0, 0.1) is 23.7 Å². The van der Waals surface area contributed by atoms with Crippen LogP contribution in [0.4, 0.5) is 17.1 Å². The summed E-state index contributed by atoms with van der Waals surface area (Å²) in [7, 11) is 0. The third-order valence-electron chi connectivity index (χ3n) is 14.1. The van der Waals surface area contributed by atoms with Gasteiger partial charge in [-0.1, -0.05) is 113 Å². The van der Waals surface area contributed by atoms with Gasteiger partial charge in [-0.2, -0.15) is 0 Å². The molecule has 0 heterocycles. The molecule has 0 amide bonds. The Kier molecular flexibility index (Phi) is 6.36. The minimum Gasteiger partial charge on any atom is -0.310 e. The molecule has 6 aliphatic carbocycles. The van der Waals surface area contributed by atoms with Gasteiger partial charge in [0.15, 0.2) is 0 Å². The van der Waals surface area contributed by atoms with Crippen LogP contribution in [0.1, 0.15) is 94.9 Å². The summed E-state index contributed by atoms with van der Waals surface area (Å²) >= 11 is 0. The second-order valence-corrected chi connectivity index (χ2v) is 17.7. The van der Waals surface area contributed by atoms with Gasteiger partial charge in [-0.05, 0) is 154 Å². The van der Waals surface area contributed by atoms with E-state index in [0.29, 0.717) is 0 Å². The van der Waals surface area contributed by atoms with Crippen LogP contribution in [0.25, 0.3) is 22.3 Å². The minimum atomic E-state index is 0.0757. The van der Waals surface area contributed by atoms with Gasteiger partial charge >= 0.3 is 0 Å². The van der Waals surface area contributed by atoms with Crippen LogP contribution in [0.5, 0.6) is 0 Å². The molecule has 4 bridgehead atoms. The second kappa shape index (κ2) is 10.5. The monoisotopic (exact) mass is 639 g/mol. The molecule has 5 aromatic carbocycles. The molecule has 4 fully saturated rings. The fourth-order valence-corrected chi connectivity index (χ4v) is 12.0. The molecule has 246 valence electrons. The molecule has 6 aliphatic rings. The molecule has 11 rings (SSSR count). The SMILES string of the molecule is CC1(C)CCC(C)(C)c2c(N(c3cccc(-c4ccccc4)c3)c3ccc4c(c3)C3(c5ccccc5-4)C4CC5CC(C4)CC3C5)cccc21. The number of nitrogens with zero attached hydrogens (tertiary/aromatic N) is 1. The standard InChI is InChI=1S/C48H49N/c1-46(2)22-23-47(3,4)45-42(46)18-11-19-44(45)49(37-15-10-14-34(29-37)33-12-6-5-7-13-33)38-20-21-40-39-16-8-9-17-41(39)48(43(40)30-38)35-25-31-24-32(27-35)28-36(48)26-31/h5-21,29-32,35-36H,22-28H2,1-4H3. The molecular formula is C48H49N. The maximum absolute atomic E-state index is 2.67. The number of hydrogen-bond acceptors (Lipinski definition) is 1. The number of anilines is 3. The average Bonchev–Trinajstić information content (AvgIpc) is 3.40. The smallest absolute Gasteiger partial charge is 0.0502 e. The van der Waals surface area contributed by atoms with E-state index in [9.17, 15) is 0 Å². The van der Waals surface area contributed by atoms with Gasteiger partial charge in [0.2, 0.25) is 0 Å². The van der Waals surface area contributed by atoms with Gasteiger partial charge in [-0.15, -0.1) is 0 Å². The van der Waals surface area contributed by atoms with Crippen molar-refractivity contribution in [1.29, 1.82) is 0 Å². The summed E-state index contributed by atoms with van der Waals surface area (Å²) in [5.74, 6) is 3.37. The third kappa shape index (κ3) is 4.24. The fourth-order valence-electron chi connectivity index (χ4n) is 12.0. The van der Waals surface area contributed by atoms with Crippen molar-refractivity contribution < 1.29 is 0 Å². The number of rotatable bonds is 4. The van der Waals surface area contributed by atoms with Gasteiger partial charge in [0.25, 0.3) is 0 Å². The Morgan fingerprint density at radius 3 is 1.88 bits per heavy atom. The predicted octanol–water partition coefficient (Wildman–Crippen LogP) is 12.9. The third-order valence-corrected chi connectivity index (χ3v) is 14.1. The lowest BCUT2D eigenvalue weighted by Gasteiger charge is -2.61. The van der Waals surface area contributed by atoms with E-state index < -0.39 is 0 Å². The van der Waals surface area contributed by atoms with Crippen LogP contribution in [0.2, 0.25) is 0 Å². The zero-order valence-electron chi connectivity index (χ0n) is 29.7. The van der Waals surface area contributed by atoms with E-state index in [2.05, 4.69) is 148 Å². The summed E-state index contributed by atoms with van der Waals surface area (Å²) < 4.78 is 0. The van der Waals surface area contributed by atoms with Gasteiger partial charge in [-0.25, -0.2) is 0 Å². The highest BCUT2D eigenvalue weighted by Gasteiger charge is 2.61. The van der Waals surface area contributed by atoms with Gasteiger partial charge in [0.05, 0.1) is 5.69 Å². The predicted molar refractivity (Wildman–Crippen MR) is 205 cm³/mol. The van der Waals surface area contributed by atoms with E-state index in [4.69, 9.17) is 0 Å². The van der Waals surface area contributed by atoms with E-state index in [0.717, 1.165) is 23.7 Å². The summed E-state index contributed by atoms with van der Waals surface area (Å²) in [6, 6.07) is 44.5. The van der Waals surface area contributed by atoms with Crippen molar-refractivity contribution in [3.8, 4) is 22.3 Å². The van der Waals surface area contributed by atoms with E-state index in [1.54, 1.807) is 11.1 Å². The van der Waals surface area contributed by atoms with Crippen molar-refractivity contribution in [2.24, 2.45) is 23.7 Å². The Morgan fingerprint density at radius 1 is 0.490 bits per heavy atom. The molecule has 5 aromatic rings. The summed E-state index contributed by atoms with van der Waals surface area (Å²) in [5, 5.41) is 0. The van der Waals surface area contributed by atoms with Gasteiger partial charge in [0.1, 0.15) is 0 Å².